The van der Waals surface area contributed by atoms with Gasteiger partial charge in [-0.3, -0.25) is 9.69 Å². The van der Waals surface area contributed by atoms with E-state index >= 15 is 0 Å². The molecule has 0 spiro atoms. The predicted molar refractivity (Wildman–Crippen MR) is 137 cm³/mol. The van der Waals surface area contributed by atoms with Crippen LogP contribution in [0.25, 0.3) is 10.9 Å². The Morgan fingerprint density at radius 3 is 2.67 bits per heavy atom. The van der Waals surface area contributed by atoms with Crippen LogP contribution in [0.2, 0.25) is 0 Å². The van der Waals surface area contributed by atoms with E-state index in [0.29, 0.717) is 18.7 Å². The van der Waals surface area contributed by atoms with Gasteiger partial charge < -0.3 is 14.5 Å². The Morgan fingerprint density at radius 2 is 1.89 bits per heavy atom. The van der Waals surface area contributed by atoms with Crippen molar-refractivity contribution in [3.05, 3.63) is 75.3 Å². The van der Waals surface area contributed by atoms with Crippen LogP contribution in [-0.2, 0) is 18.6 Å². The molecule has 0 fully saturated rings. The molecule has 0 aliphatic carbocycles. The molecule has 1 aliphatic heterocycles. The van der Waals surface area contributed by atoms with Gasteiger partial charge in [-0.2, -0.15) is 0 Å². The third kappa shape index (κ3) is 4.70. The van der Waals surface area contributed by atoms with Crippen LogP contribution in [0.5, 0.6) is 11.5 Å². The van der Waals surface area contributed by atoms with Crippen LogP contribution >= 0.6 is 0 Å². The topological polar surface area (TPSA) is 98.2 Å². The Labute approximate surface area is 210 Å². The zero-order valence-corrected chi connectivity index (χ0v) is 21.4. The Balaban J connectivity index is 1.55. The lowest BCUT2D eigenvalue weighted by atomic mass is 10.0. The molecule has 3 heterocycles. The van der Waals surface area contributed by atoms with Crippen molar-refractivity contribution in [1.29, 1.82) is 0 Å². The summed E-state index contributed by atoms with van der Waals surface area (Å²) in [5, 5.41) is 13.7. The summed E-state index contributed by atoms with van der Waals surface area (Å²) >= 11 is 0. The van der Waals surface area contributed by atoms with Crippen LogP contribution in [0.1, 0.15) is 62.7 Å². The molecular weight excluding hydrogens is 456 g/mol. The summed E-state index contributed by atoms with van der Waals surface area (Å²) in [6, 6.07) is 13.9. The number of aromatic amines is 1. The molecule has 2 aromatic heterocycles. The third-order valence-electron chi connectivity index (χ3n) is 6.53. The van der Waals surface area contributed by atoms with Crippen LogP contribution in [0.4, 0.5) is 0 Å². The molecule has 2 aromatic carbocycles. The van der Waals surface area contributed by atoms with E-state index in [-0.39, 0.29) is 23.9 Å². The molecule has 9 heteroatoms. The van der Waals surface area contributed by atoms with E-state index in [0.717, 1.165) is 45.8 Å². The minimum Gasteiger partial charge on any atom is -0.454 e. The highest BCUT2D eigenvalue weighted by Gasteiger charge is 2.30. The minimum atomic E-state index is -0.283. The number of ether oxygens (including phenoxy) is 2. The second-order valence-electron chi connectivity index (χ2n) is 10.4. The van der Waals surface area contributed by atoms with Crippen molar-refractivity contribution in [2.75, 3.05) is 6.79 Å². The second-order valence-corrected chi connectivity index (χ2v) is 10.4. The zero-order chi connectivity index (χ0) is 25.4. The summed E-state index contributed by atoms with van der Waals surface area (Å²) < 4.78 is 13.0. The van der Waals surface area contributed by atoms with E-state index in [1.807, 2.05) is 48.0 Å². The van der Waals surface area contributed by atoms with Gasteiger partial charge in [0.1, 0.15) is 0 Å². The van der Waals surface area contributed by atoms with Crippen molar-refractivity contribution in [2.45, 2.75) is 65.7 Å². The first-order valence-electron chi connectivity index (χ1n) is 12.3. The number of tetrazole rings is 1. The summed E-state index contributed by atoms with van der Waals surface area (Å²) in [6.07, 6.45) is 0.770. The molecule has 5 rings (SSSR count). The first kappa shape index (κ1) is 24.0. The van der Waals surface area contributed by atoms with Gasteiger partial charge in [0.25, 0.3) is 5.56 Å². The summed E-state index contributed by atoms with van der Waals surface area (Å²) in [7, 11) is 0. The average Bonchev–Trinajstić information content (AvgIpc) is 3.49. The number of aromatic nitrogens is 5. The molecule has 4 aromatic rings. The smallest absolute Gasteiger partial charge is 0.252 e. The lowest BCUT2D eigenvalue weighted by Crippen LogP contribution is -2.35. The van der Waals surface area contributed by atoms with Gasteiger partial charge in [-0.15, -0.1) is 5.10 Å². The van der Waals surface area contributed by atoms with Gasteiger partial charge in [-0.05, 0) is 85.3 Å². The van der Waals surface area contributed by atoms with Crippen molar-refractivity contribution in [2.24, 2.45) is 0 Å². The van der Waals surface area contributed by atoms with Crippen LogP contribution in [-0.4, -0.2) is 36.9 Å². The van der Waals surface area contributed by atoms with Crippen LogP contribution in [0.3, 0.4) is 0 Å². The molecule has 188 valence electrons. The molecule has 0 radical (unpaired) electrons. The second kappa shape index (κ2) is 9.39. The minimum absolute atomic E-state index is 0.0888. The maximum atomic E-state index is 13.1. The number of hydrogen-bond donors (Lipinski definition) is 1. The molecule has 0 saturated carbocycles. The fourth-order valence-corrected chi connectivity index (χ4v) is 4.73. The maximum absolute atomic E-state index is 13.1. The van der Waals surface area contributed by atoms with Crippen LogP contribution in [0.15, 0.2) is 47.3 Å². The standard InChI is InChI=1S/C27H32N6O3/c1-6-22(25-29-30-31-33(25)27(3,4)5)32(14-18-8-10-23-24(12-18)36-16-35-23)15-20-13-19-9-7-17(2)11-21(19)28-26(20)34/h7-13,22H,6,14-16H2,1-5H3,(H,28,34)/t22-/m0/s1. The number of pyridine rings is 1. The highest BCUT2D eigenvalue weighted by atomic mass is 16.7. The van der Waals surface area contributed by atoms with E-state index < -0.39 is 0 Å². The molecule has 36 heavy (non-hydrogen) atoms. The fraction of sp³-hybridized carbons (Fsp3) is 0.407. The van der Waals surface area contributed by atoms with Gasteiger partial charge in [-0.1, -0.05) is 25.1 Å². The molecule has 1 N–H and O–H groups in total. The van der Waals surface area contributed by atoms with E-state index in [9.17, 15) is 4.79 Å². The number of H-pyrrole nitrogens is 1. The Bertz CT molecular complexity index is 1450. The van der Waals surface area contributed by atoms with Gasteiger partial charge in [0.05, 0.1) is 11.6 Å². The number of aryl methyl sites for hydroxylation is 1. The van der Waals surface area contributed by atoms with Gasteiger partial charge in [0.2, 0.25) is 6.79 Å². The summed E-state index contributed by atoms with van der Waals surface area (Å²) in [6.45, 7) is 11.6. The van der Waals surface area contributed by atoms with Crippen molar-refractivity contribution in [3.8, 4) is 11.5 Å². The van der Waals surface area contributed by atoms with Gasteiger partial charge in [0, 0.05) is 24.2 Å². The van der Waals surface area contributed by atoms with Gasteiger partial charge in [0.15, 0.2) is 17.3 Å². The molecule has 9 nitrogen and oxygen atoms in total. The monoisotopic (exact) mass is 488 g/mol. The van der Waals surface area contributed by atoms with Crippen molar-refractivity contribution < 1.29 is 9.47 Å². The van der Waals surface area contributed by atoms with E-state index in [1.165, 1.54) is 0 Å². The Hall–Kier alpha value is -3.72. The average molecular weight is 489 g/mol. The van der Waals surface area contributed by atoms with Crippen LogP contribution < -0.4 is 15.0 Å². The molecule has 1 atom stereocenters. The van der Waals surface area contributed by atoms with Crippen molar-refractivity contribution in [3.63, 3.8) is 0 Å². The number of rotatable bonds is 7. The normalized spacial score (nSPS) is 14.1. The molecule has 0 unspecified atom stereocenters. The quantitative estimate of drug-likeness (QED) is 0.410. The third-order valence-corrected chi connectivity index (χ3v) is 6.53. The van der Waals surface area contributed by atoms with E-state index in [4.69, 9.17) is 9.47 Å². The van der Waals surface area contributed by atoms with Crippen LogP contribution in [0, 0.1) is 6.92 Å². The number of hydrogen-bond acceptors (Lipinski definition) is 7. The van der Waals surface area contributed by atoms with Crippen molar-refractivity contribution >= 4 is 10.9 Å². The van der Waals surface area contributed by atoms with Gasteiger partial charge in [-0.25, -0.2) is 4.68 Å². The summed E-state index contributed by atoms with van der Waals surface area (Å²) in [5.74, 6) is 2.26. The van der Waals surface area contributed by atoms with Gasteiger partial charge >= 0.3 is 0 Å². The fourth-order valence-electron chi connectivity index (χ4n) is 4.73. The Kier molecular flexibility index (Phi) is 6.26. The van der Waals surface area contributed by atoms with Crippen molar-refractivity contribution in [1.82, 2.24) is 30.1 Å². The molecular formula is C27H32N6O3. The van der Waals surface area contributed by atoms with E-state index in [1.54, 1.807) is 0 Å². The molecule has 0 amide bonds. The predicted octanol–water partition coefficient (Wildman–Crippen LogP) is 4.46. The SMILES string of the molecule is CC[C@@H](c1nnnn1C(C)(C)C)N(Cc1ccc2c(c1)OCO2)Cc1cc2ccc(C)cc2[nH]c1=O. The lowest BCUT2D eigenvalue weighted by Gasteiger charge is -2.32. The largest absolute Gasteiger partial charge is 0.454 e. The first-order chi connectivity index (χ1) is 17.2. The maximum Gasteiger partial charge on any atom is 0.252 e. The first-order valence-corrected chi connectivity index (χ1v) is 12.3. The number of nitrogens with one attached hydrogen (secondary N) is 1. The highest BCUT2D eigenvalue weighted by molar-refractivity contribution is 5.79. The highest BCUT2D eigenvalue weighted by Crippen LogP contribution is 2.34. The number of nitrogens with zero attached hydrogens (tertiary/aromatic N) is 5. The molecule has 0 bridgehead atoms. The Morgan fingerprint density at radius 1 is 1.08 bits per heavy atom. The lowest BCUT2D eigenvalue weighted by molar-refractivity contribution is 0.153. The molecule has 1 aliphatic rings. The van der Waals surface area contributed by atoms with E-state index in [2.05, 4.69) is 59.2 Å². The number of fused-ring (bicyclic) bond motifs is 2. The molecule has 0 saturated heterocycles. The number of benzene rings is 2. The zero-order valence-electron chi connectivity index (χ0n) is 21.4. The summed E-state index contributed by atoms with van der Waals surface area (Å²) in [5.41, 5.74) is 3.33. The summed E-state index contributed by atoms with van der Waals surface area (Å²) in [4.78, 5) is 18.5.